The topological polar surface area (TPSA) is 109 Å². The Labute approximate surface area is 219 Å². The van der Waals surface area contributed by atoms with Crippen LogP contribution in [0.4, 0.5) is 0 Å². The quantitative estimate of drug-likeness (QED) is 0.162. The number of Topliss-reactive ketones (excluding diaryl/α,β-unsaturated/α-hetero) is 1. The van der Waals surface area contributed by atoms with Crippen LogP contribution in [-0.4, -0.2) is 53.4 Å². The number of aliphatic hydroxyl groups is 1. The number of nitrogens with one attached hydrogen (secondary N) is 1. The highest BCUT2D eigenvalue weighted by Crippen LogP contribution is 2.39. The van der Waals surface area contributed by atoms with Gasteiger partial charge in [-0.2, -0.15) is 0 Å². The van der Waals surface area contributed by atoms with Crippen molar-refractivity contribution >= 4 is 34.3 Å². The van der Waals surface area contributed by atoms with Crippen LogP contribution in [0.3, 0.4) is 0 Å². The molecule has 0 bridgehead atoms. The number of hydrogen-bond donors (Lipinski definition) is 2. The van der Waals surface area contributed by atoms with E-state index in [4.69, 9.17) is 9.47 Å². The first-order chi connectivity index (χ1) is 18.4. The number of aromatic nitrogens is 1. The second kappa shape index (κ2) is 10.3. The number of carbonyl (C=O) groups is 3. The van der Waals surface area contributed by atoms with Crippen molar-refractivity contribution in [1.29, 1.82) is 0 Å². The van der Waals surface area contributed by atoms with Gasteiger partial charge < -0.3 is 24.5 Å². The predicted octanol–water partition coefficient (Wildman–Crippen LogP) is 4.63. The van der Waals surface area contributed by atoms with Gasteiger partial charge in [-0.05, 0) is 47.9 Å². The first-order valence-corrected chi connectivity index (χ1v) is 12.1. The summed E-state index contributed by atoms with van der Waals surface area (Å²) < 4.78 is 10.1. The predicted molar refractivity (Wildman–Crippen MR) is 142 cm³/mol. The standard InChI is InChI=1S/C30H26N2O6/c1-37-22-12-13-24-23(16-22)21(17-31-24)14-15-32-26(18-8-10-20(11-9-18)30(36)38-2)25(28(34)29(32)35)27(33)19-6-4-3-5-7-19/h3-13,16-17,26,31,33H,14-15H2,1-2H3/t26-/m0/s1. The van der Waals surface area contributed by atoms with Gasteiger partial charge in [-0.1, -0.05) is 42.5 Å². The van der Waals surface area contributed by atoms with Crippen molar-refractivity contribution in [3.63, 3.8) is 0 Å². The summed E-state index contributed by atoms with van der Waals surface area (Å²) in [6.07, 6.45) is 2.34. The monoisotopic (exact) mass is 510 g/mol. The molecule has 1 amide bonds. The van der Waals surface area contributed by atoms with Gasteiger partial charge in [0, 0.05) is 29.2 Å². The molecule has 1 saturated heterocycles. The second-order valence-corrected chi connectivity index (χ2v) is 8.95. The van der Waals surface area contributed by atoms with E-state index in [-0.39, 0.29) is 17.9 Å². The molecule has 4 aromatic rings. The van der Waals surface area contributed by atoms with Crippen molar-refractivity contribution in [2.24, 2.45) is 0 Å². The number of rotatable bonds is 7. The third-order valence-electron chi connectivity index (χ3n) is 6.83. The number of amides is 1. The summed E-state index contributed by atoms with van der Waals surface area (Å²) in [7, 11) is 2.90. The number of aliphatic hydroxyl groups excluding tert-OH is 1. The van der Waals surface area contributed by atoms with Crippen LogP contribution >= 0.6 is 0 Å². The smallest absolute Gasteiger partial charge is 0.337 e. The van der Waals surface area contributed by atoms with E-state index in [1.165, 1.54) is 12.0 Å². The Morgan fingerprint density at radius 2 is 1.71 bits per heavy atom. The van der Waals surface area contributed by atoms with Crippen LogP contribution in [0.15, 0.2) is 84.6 Å². The number of benzene rings is 3. The van der Waals surface area contributed by atoms with Crippen LogP contribution in [0.5, 0.6) is 5.75 Å². The molecule has 2 heterocycles. The van der Waals surface area contributed by atoms with Crippen LogP contribution in [0.25, 0.3) is 16.7 Å². The zero-order valence-corrected chi connectivity index (χ0v) is 20.9. The molecule has 0 spiro atoms. The summed E-state index contributed by atoms with van der Waals surface area (Å²) in [5.74, 6) is -1.47. The summed E-state index contributed by atoms with van der Waals surface area (Å²) >= 11 is 0. The van der Waals surface area contributed by atoms with Gasteiger partial charge in [-0.25, -0.2) is 4.79 Å². The molecular weight excluding hydrogens is 484 g/mol. The molecule has 8 heteroatoms. The fourth-order valence-electron chi connectivity index (χ4n) is 4.86. The fraction of sp³-hybridized carbons (Fsp3) is 0.167. The molecule has 3 aromatic carbocycles. The van der Waals surface area contributed by atoms with Crippen molar-refractivity contribution in [1.82, 2.24) is 9.88 Å². The summed E-state index contributed by atoms with van der Waals surface area (Å²) in [6.45, 7) is 0.226. The second-order valence-electron chi connectivity index (χ2n) is 8.95. The van der Waals surface area contributed by atoms with Crippen LogP contribution in [0.1, 0.15) is 33.1 Å². The minimum atomic E-state index is -0.832. The first kappa shape index (κ1) is 24.8. The molecule has 0 radical (unpaired) electrons. The van der Waals surface area contributed by atoms with E-state index in [1.807, 2.05) is 24.4 Å². The number of fused-ring (bicyclic) bond motifs is 1. The van der Waals surface area contributed by atoms with Gasteiger partial charge in [0.15, 0.2) is 0 Å². The molecule has 1 atom stereocenters. The van der Waals surface area contributed by atoms with Gasteiger partial charge in [-0.3, -0.25) is 9.59 Å². The van der Waals surface area contributed by atoms with Crippen LogP contribution < -0.4 is 4.74 Å². The number of ketones is 1. The molecule has 1 fully saturated rings. The van der Waals surface area contributed by atoms with Gasteiger partial charge in [0.05, 0.1) is 31.4 Å². The zero-order valence-electron chi connectivity index (χ0n) is 20.9. The normalized spacial score (nSPS) is 16.7. The van der Waals surface area contributed by atoms with Crippen LogP contribution in [-0.2, 0) is 20.7 Å². The molecule has 1 aliphatic rings. The maximum absolute atomic E-state index is 13.3. The number of carbonyl (C=O) groups excluding carboxylic acids is 3. The molecule has 0 unspecified atom stereocenters. The number of methoxy groups -OCH3 is 2. The number of H-pyrrole nitrogens is 1. The molecule has 192 valence electrons. The van der Waals surface area contributed by atoms with E-state index in [2.05, 4.69) is 4.98 Å². The van der Waals surface area contributed by atoms with Crippen LogP contribution in [0, 0.1) is 0 Å². The Balaban J connectivity index is 1.55. The van der Waals surface area contributed by atoms with Crippen molar-refractivity contribution in [2.75, 3.05) is 20.8 Å². The molecule has 1 aromatic heterocycles. The Morgan fingerprint density at radius 1 is 0.974 bits per heavy atom. The number of ether oxygens (including phenoxy) is 2. The lowest BCUT2D eigenvalue weighted by Crippen LogP contribution is -2.31. The zero-order chi connectivity index (χ0) is 26.8. The average Bonchev–Trinajstić information content (AvgIpc) is 3.48. The third-order valence-corrected chi connectivity index (χ3v) is 6.83. The lowest BCUT2D eigenvalue weighted by Gasteiger charge is -2.25. The number of nitrogens with zero attached hydrogens (tertiary/aromatic N) is 1. The molecule has 1 aliphatic heterocycles. The van der Waals surface area contributed by atoms with E-state index in [0.717, 1.165) is 16.5 Å². The number of hydrogen-bond acceptors (Lipinski definition) is 6. The summed E-state index contributed by atoms with van der Waals surface area (Å²) in [6, 6.07) is 20.0. The van der Waals surface area contributed by atoms with Gasteiger partial charge >= 0.3 is 5.97 Å². The minimum absolute atomic E-state index is 0.00705. The van der Waals surface area contributed by atoms with E-state index in [0.29, 0.717) is 28.9 Å². The third kappa shape index (κ3) is 4.41. The molecule has 2 N–H and O–H groups in total. The lowest BCUT2D eigenvalue weighted by molar-refractivity contribution is -0.139. The Bertz CT molecular complexity index is 1550. The lowest BCUT2D eigenvalue weighted by atomic mass is 9.94. The summed E-state index contributed by atoms with van der Waals surface area (Å²) in [5.41, 5.74) is 3.27. The van der Waals surface area contributed by atoms with Gasteiger partial charge in [0.1, 0.15) is 11.5 Å². The molecule has 0 saturated carbocycles. The van der Waals surface area contributed by atoms with Crippen molar-refractivity contribution in [3.05, 3.63) is 107 Å². The largest absolute Gasteiger partial charge is 0.507 e. The summed E-state index contributed by atoms with van der Waals surface area (Å²) in [4.78, 5) is 43.3. The number of likely N-dealkylation sites (tertiary alicyclic amines) is 1. The van der Waals surface area contributed by atoms with E-state index < -0.39 is 23.7 Å². The minimum Gasteiger partial charge on any atom is -0.507 e. The van der Waals surface area contributed by atoms with E-state index in [1.54, 1.807) is 61.7 Å². The van der Waals surface area contributed by atoms with E-state index >= 15 is 0 Å². The Kier molecular flexibility index (Phi) is 6.70. The van der Waals surface area contributed by atoms with Crippen molar-refractivity contribution < 1.29 is 29.0 Å². The average molecular weight is 511 g/mol. The maximum atomic E-state index is 13.3. The highest BCUT2D eigenvalue weighted by Gasteiger charge is 2.45. The van der Waals surface area contributed by atoms with Gasteiger partial charge in [-0.15, -0.1) is 0 Å². The summed E-state index contributed by atoms with van der Waals surface area (Å²) in [5, 5.41) is 12.1. The van der Waals surface area contributed by atoms with Gasteiger partial charge in [0.25, 0.3) is 11.7 Å². The van der Waals surface area contributed by atoms with Crippen molar-refractivity contribution in [3.8, 4) is 5.75 Å². The highest BCUT2D eigenvalue weighted by molar-refractivity contribution is 6.46. The number of esters is 1. The SMILES string of the molecule is COC(=O)c1ccc([C@H]2C(=C(O)c3ccccc3)C(=O)C(=O)N2CCc2c[nH]c3ccc(OC)cc23)cc1. The fourth-order valence-corrected chi connectivity index (χ4v) is 4.86. The number of aromatic amines is 1. The Morgan fingerprint density at radius 3 is 2.39 bits per heavy atom. The van der Waals surface area contributed by atoms with Crippen molar-refractivity contribution in [2.45, 2.75) is 12.5 Å². The molecular formula is C30H26N2O6. The molecule has 8 nitrogen and oxygen atoms in total. The van der Waals surface area contributed by atoms with Gasteiger partial charge in [0.2, 0.25) is 0 Å². The van der Waals surface area contributed by atoms with E-state index in [9.17, 15) is 19.5 Å². The molecule has 5 rings (SSSR count). The Hall–Kier alpha value is -4.85. The first-order valence-electron chi connectivity index (χ1n) is 12.1. The molecule has 0 aliphatic carbocycles. The maximum Gasteiger partial charge on any atom is 0.337 e. The molecule has 38 heavy (non-hydrogen) atoms. The highest BCUT2D eigenvalue weighted by atomic mass is 16.5. The van der Waals surface area contributed by atoms with Crippen LogP contribution in [0.2, 0.25) is 0 Å².